The number of carbonyl (C=O) groups excluding carboxylic acids is 1. The van der Waals surface area contributed by atoms with Gasteiger partial charge in [-0.05, 0) is 35.4 Å². The number of nitrogens with two attached hydrogens (primary N) is 1. The Kier molecular flexibility index (Phi) is 4.58. The van der Waals surface area contributed by atoms with Crippen LogP contribution in [0.1, 0.15) is 11.1 Å². The van der Waals surface area contributed by atoms with E-state index in [1.807, 2.05) is 6.07 Å². The van der Waals surface area contributed by atoms with Gasteiger partial charge < -0.3 is 11.1 Å². The van der Waals surface area contributed by atoms with Crippen molar-refractivity contribution < 1.29 is 9.18 Å². The molecule has 0 saturated heterocycles. The molecule has 0 saturated carbocycles. The first-order valence-corrected chi connectivity index (χ1v) is 6.47. The van der Waals surface area contributed by atoms with E-state index < -0.39 is 5.82 Å². The summed E-state index contributed by atoms with van der Waals surface area (Å²) in [5.74, 6) is -0.599. The van der Waals surface area contributed by atoms with E-state index in [4.69, 9.17) is 17.3 Å². The maximum atomic E-state index is 13.0. The van der Waals surface area contributed by atoms with Crippen molar-refractivity contribution in [1.29, 1.82) is 0 Å². The highest BCUT2D eigenvalue weighted by Gasteiger charge is 2.05. The monoisotopic (exact) mass is 292 g/mol. The summed E-state index contributed by atoms with van der Waals surface area (Å²) in [7, 11) is 0. The molecule has 0 radical (unpaired) electrons. The Bertz CT molecular complexity index is 631. The van der Waals surface area contributed by atoms with Crippen LogP contribution in [0.15, 0.2) is 42.5 Å². The molecule has 0 aromatic heterocycles. The molecule has 0 aliphatic heterocycles. The van der Waals surface area contributed by atoms with Gasteiger partial charge in [0.05, 0.1) is 11.4 Å². The van der Waals surface area contributed by atoms with E-state index in [9.17, 15) is 9.18 Å². The van der Waals surface area contributed by atoms with E-state index in [0.29, 0.717) is 12.2 Å². The molecule has 0 aliphatic carbocycles. The average molecular weight is 293 g/mol. The van der Waals surface area contributed by atoms with Crippen LogP contribution in [0.5, 0.6) is 0 Å². The minimum atomic E-state index is -0.471. The number of hydrogen-bond donors (Lipinski definition) is 2. The zero-order chi connectivity index (χ0) is 14.5. The number of hydrogen-bond acceptors (Lipinski definition) is 2. The maximum absolute atomic E-state index is 13.0. The molecule has 0 aliphatic rings. The van der Waals surface area contributed by atoms with E-state index in [1.54, 1.807) is 24.3 Å². The highest BCUT2D eigenvalue weighted by atomic mass is 35.5. The van der Waals surface area contributed by atoms with Crippen LogP contribution in [0.25, 0.3) is 0 Å². The van der Waals surface area contributed by atoms with Crippen LogP contribution in [0.4, 0.5) is 10.1 Å². The molecule has 0 atom stereocenters. The number of halogens is 2. The molecule has 104 valence electrons. The molecular weight excluding hydrogens is 279 g/mol. The second-order valence-corrected chi connectivity index (χ2v) is 4.85. The first-order chi connectivity index (χ1) is 9.54. The number of benzene rings is 2. The van der Waals surface area contributed by atoms with E-state index in [0.717, 1.165) is 11.1 Å². The Hall–Kier alpha value is -2.07. The smallest absolute Gasteiger partial charge is 0.224 e. The lowest BCUT2D eigenvalue weighted by atomic mass is 10.1. The van der Waals surface area contributed by atoms with Crippen molar-refractivity contribution in [1.82, 2.24) is 5.32 Å². The minimum Gasteiger partial charge on any atom is -0.399 e. The summed E-state index contributed by atoms with van der Waals surface area (Å²) in [6.07, 6.45) is 0.250. The summed E-state index contributed by atoms with van der Waals surface area (Å²) in [5, 5.41) is 2.80. The van der Waals surface area contributed by atoms with Crippen molar-refractivity contribution in [3.8, 4) is 0 Å². The number of rotatable bonds is 4. The molecule has 1 amide bonds. The van der Waals surface area contributed by atoms with Crippen LogP contribution in [0.3, 0.4) is 0 Å². The number of nitrogens with one attached hydrogen (secondary N) is 1. The number of nitrogen functional groups attached to an aromatic ring is 1. The summed E-state index contributed by atoms with van der Waals surface area (Å²) in [4.78, 5) is 11.8. The molecule has 2 aromatic carbocycles. The van der Waals surface area contributed by atoms with Crippen LogP contribution < -0.4 is 11.1 Å². The molecule has 0 spiro atoms. The molecule has 0 bridgehead atoms. The third-order valence-corrected chi connectivity index (χ3v) is 3.08. The third-order valence-electron chi connectivity index (χ3n) is 2.79. The second kappa shape index (κ2) is 6.39. The highest BCUT2D eigenvalue weighted by molar-refractivity contribution is 6.30. The molecule has 2 rings (SSSR count). The van der Waals surface area contributed by atoms with Gasteiger partial charge in [-0.25, -0.2) is 4.39 Å². The zero-order valence-corrected chi connectivity index (χ0v) is 11.5. The molecule has 3 N–H and O–H groups in total. The van der Waals surface area contributed by atoms with Gasteiger partial charge in [-0.2, -0.15) is 0 Å². The van der Waals surface area contributed by atoms with E-state index >= 15 is 0 Å². The molecule has 5 heteroatoms. The van der Waals surface area contributed by atoms with Gasteiger partial charge in [0.1, 0.15) is 5.82 Å². The molecule has 0 unspecified atom stereocenters. The standard InChI is InChI=1S/C15H14ClFN2O/c16-13-7-11(4-5-14(13)17)9-19-15(20)8-10-2-1-3-12(18)6-10/h1-7H,8-9,18H2,(H,19,20). The van der Waals surface area contributed by atoms with Crippen molar-refractivity contribution in [3.05, 3.63) is 64.4 Å². The van der Waals surface area contributed by atoms with Crippen LogP contribution in [0, 0.1) is 5.82 Å². The Morgan fingerprint density at radius 2 is 2.00 bits per heavy atom. The highest BCUT2D eigenvalue weighted by Crippen LogP contribution is 2.15. The molecule has 3 nitrogen and oxygen atoms in total. The molecular formula is C15H14ClFN2O. The first kappa shape index (κ1) is 14.3. The fourth-order valence-corrected chi connectivity index (χ4v) is 2.00. The van der Waals surface area contributed by atoms with Crippen molar-refractivity contribution in [3.63, 3.8) is 0 Å². The minimum absolute atomic E-state index is 0.0487. The number of anilines is 1. The average Bonchev–Trinajstić information content (AvgIpc) is 2.40. The van der Waals surface area contributed by atoms with Crippen molar-refractivity contribution >= 4 is 23.2 Å². The summed E-state index contributed by atoms with van der Waals surface area (Å²) >= 11 is 5.67. The van der Waals surface area contributed by atoms with E-state index in [1.165, 1.54) is 12.1 Å². The largest absolute Gasteiger partial charge is 0.399 e. The summed E-state index contributed by atoms with van der Waals surface area (Å²) in [6, 6.07) is 11.5. The fraction of sp³-hybridized carbons (Fsp3) is 0.133. The summed E-state index contributed by atoms with van der Waals surface area (Å²) in [5.41, 5.74) is 7.87. The third kappa shape index (κ3) is 3.96. The van der Waals surface area contributed by atoms with Crippen molar-refractivity contribution in [2.45, 2.75) is 13.0 Å². The van der Waals surface area contributed by atoms with Crippen LogP contribution in [0.2, 0.25) is 5.02 Å². The topological polar surface area (TPSA) is 55.1 Å². The van der Waals surface area contributed by atoms with Crippen molar-refractivity contribution in [2.24, 2.45) is 0 Å². The Morgan fingerprint density at radius 1 is 1.20 bits per heavy atom. The predicted molar refractivity (Wildman–Crippen MR) is 77.8 cm³/mol. The van der Waals surface area contributed by atoms with E-state index in [2.05, 4.69) is 5.32 Å². The fourth-order valence-electron chi connectivity index (χ4n) is 1.80. The summed E-state index contributed by atoms with van der Waals surface area (Å²) < 4.78 is 13.0. The Balaban J connectivity index is 1.90. The van der Waals surface area contributed by atoms with Gasteiger partial charge in [-0.1, -0.05) is 29.8 Å². The maximum Gasteiger partial charge on any atom is 0.224 e. The number of amides is 1. The SMILES string of the molecule is Nc1cccc(CC(=O)NCc2ccc(F)c(Cl)c2)c1. The van der Waals surface area contributed by atoms with Gasteiger partial charge in [0, 0.05) is 12.2 Å². The molecule has 20 heavy (non-hydrogen) atoms. The lowest BCUT2D eigenvalue weighted by molar-refractivity contribution is -0.120. The van der Waals surface area contributed by atoms with Gasteiger partial charge in [0.15, 0.2) is 0 Å². The lowest BCUT2D eigenvalue weighted by Crippen LogP contribution is -2.24. The first-order valence-electron chi connectivity index (χ1n) is 6.09. The zero-order valence-electron chi connectivity index (χ0n) is 10.7. The van der Waals surface area contributed by atoms with Crippen molar-refractivity contribution in [2.75, 3.05) is 5.73 Å². The number of carbonyl (C=O) groups is 1. The summed E-state index contributed by atoms with van der Waals surface area (Å²) in [6.45, 7) is 0.307. The molecule has 0 heterocycles. The van der Waals surface area contributed by atoms with Gasteiger partial charge in [0.25, 0.3) is 0 Å². The lowest BCUT2D eigenvalue weighted by Gasteiger charge is -2.07. The van der Waals surface area contributed by atoms with Gasteiger partial charge in [-0.15, -0.1) is 0 Å². The van der Waals surface area contributed by atoms with Gasteiger partial charge >= 0.3 is 0 Å². The van der Waals surface area contributed by atoms with Gasteiger partial charge in [-0.3, -0.25) is 4.79 Å². The Morgan fingerprint density at radius 3 is 2.70 bits per heavy atom. The predicted octanol–water partition coefficient (Wildman–Crippen LogP) is 2.92. The van der Waals surface area contributed by atoms with Crippen LogP contribution in [-0.2, 0) is 17.8 Å². The quantitative estimate of drug-likeness (QED) is 0.851. The van der Waals surface area contributed by atoms with Crippen LogP contribution in [-0.4, -0.2) is 5.91 Å². The van der Waals surface area contributed by atoms with E-state index in [-0.39, 0.29) is 17.4 Å². The Labute approximate surface area is 121 Å². The molecule has 2 aromatic rings. The van der Waals surface area contributed by atoms with Crippen LogP contribution >= 0.6 is 11.6 Å². The second-order valence-electron chi connectivity index (χ2n) is 4.45. The normalized spacial score (nSPS) is 10.3. The van der Waals surface area contributed by atoms with Gasteiger partial charge in [0.2, 0.25) is 5.91 Å². The molecule has 0 fully saturated rings.